The summed E-state index contributed by atoms with van der Waals surface area (Å²) in [6.45, 7) is 0.504. The first-order chi connectivity index (χ1) is 8.13. The van der Waals surface area contributed by atoms with E-state index in [2.05, 4.69) is 5.32 Å². The average molecular weight is 239 g/mol. The number of aliphatic hydroxyl groups is 1. The lowest BCUT2D eigenvalue weighted by molar-refractivity contribution is -0.139. The predicted octanol–water partition coefficient (Wildman–Crippen LogP) is 0.360. The molecule has 0 aliphatic rings. The van der Waals surface area contributed by atoms with Crippen molar-refractivity contribution in [3.05, 3.63) is 29.8 Å². The summed E-state index contributed by atoms with van der Waals surface area (Å²) in [5.41, 5.74) is 0.840. The van der Waals surface area contributed by atoms with Gasteiger partial charge >= 0.3 is 5.97 Å². The molecule has 4 N–H and O–H groups in total. The summed E-state index contributed by atoms with van der Waals surface area (Å²) in [7, 11) is 0. The molecule has 5 heteroatoms. The van der Waals surface area contributed by atoms with E-state index in [4.69, 9.17) is 15.3 Å². The van der Waals surface area contributed by atoms with Crippen molar-refractivity contribution in [2.24, 2.45) is 0 Å². The zero-order chi connectivity index (χ0) is 12.7. The van der Waals surface area contributed by atoms with Crippen molar-refractivity contribution in [3.63, 3.8) is 0 Å². The van der Waals surface area contributed by atoms with E-state index in [-0.39, 0.29) is 12.4 Å². The molecule has 0 aliphatic carbocycles. The van der Waals surface area contributed by atoms with Gasteiger partial charge in [0, 0.05) is 6.61 Å². The Morgan fingerprint density at radius 3 is 2.47 bits per heavy atom. The Kier molecular flexibility index (Phi) is 5.45. The van der Waals surface area contributed by atoms with Gasteiger partial charge < -0.3 is 20.6 Å². The highest BCUT2D eigenvalue weighted by Gasteiger charge is 2.16. The van der Waals surface area contributed by atoms with Gasteiger partial charge in [0.05, 0.1) is 0 Å². The lowest BCUT2D eigenvalue weighted by Gasteiger charge is -2.14. The third-order valence-electron chi connectivity index (χ3n) is 2.40. The van der Waals surface area contributed by atoms with Crippen molar-refractivity contribution >= 4 is 5.97 Å². The number of hydrogen-bond acceptors (Lipinski definition) is 4. The first-order valence-electron chi connectivity index (χ1n) is 5.48. The van der Waals surface area contributed by atoms with Crippen molar-refractivity contribution in [1.82, 2.24) is 5.32 Å². The third-order valence-corrected chi connectivity index (χ3v) is 2.40. The van der Waals surface area contributed by atoms with Crippen LogP contribution in [-0.2, 0) is 11.2 Å². The van der Waals surface area contributed by atoms with Gasteiger partial charge in [0.2, 0.25) is 0 Å². The molecule has 0 saturated heterocycles. The number of carboxylic acid groups (broad SMARTS) is 1. The van der Waals surface area contributed by atoms with Gasteiger partial charge in [0.25, 0.3) is 0 Å². The van der Waals surface area contributed by atoms with Gasteiger partial charge in [-0.1, -0.05) is 12.1 Å². The minimum absolute atomic E-state index is 0.0402. The maximum atomic E-state index is 11.0. The summed E-state index contributed by atoms with van der Waals surface area (Å²) in [5.74, 6) is -0.759. The molecule has 0 saturated carbocycles. The fourth-order valence-corrected chi connectivity index (χ4v) is 1.47. The molecular weight excluding hydrogens is 222 g/mol. The van der Waals surface area contributed by atoms with Crippen molar-refractivity contribution in [2.45, 2.75) is 18.9 Å². The fraction of sp³-hybridized carbons (Fsp3) is 0.417. The highest BCUT2D eigenvalue weighted by Crippen LogP contribution is 2.11. The van der Waals surface area contributed by atoms with Crippen molar-refractivity contribution < 1.29 is 20.1 Å². The van der Waals surface area contributed by atoms with E-state index in [9.17, 15) is 4.79 Å². The highest BCUT2D eigenvalue weighted by atomic mass is 16.4. The number of nitrogens with one attached hydrogen (secondary N) is 1. The summed E-state index contributed by atoms with van der Waals surface area (Å²) in [6, 6.07) is 5.77. The second kappa shape index (κ2) is 6.88. The fourth-order valence-electron chi connectivity index (χ4n) is 1.47. The zero-order valence-electron chi connectivity index (χ0n) is 9.47. The number of hydrogen-bond donors (Lipinski definition) is 4. The van der Waals surface area contributed by atoms with Crippen LogP contribution in [-0.4, -0.2) is 40.5 Å². The van der Waals surface area contributed by atoms with Gasteiger partial charge in [-0.15, -0.1) is 0 Å². The molecule has 5 nitrogen and oxygen atoms in total. The van der Waals surface area contributed by atoms with Crippen LogP contribution in [0.4, 0.5) is 0 Å². The number of aliphatic carboxylic acids is 1. The first-order valence-corrected chi connectivity index (χ1v) is 5.48. The Morgan fingerprint density at radius 1 is 1.29 bits per heavy atom. The molecular formula is C12H17NO4. The molecule has 0 bridgehead atoms. The Bertz CT molecular complexity index is 350. The number of rotatable bonds is 7. The quantitative estimate of drug-likeness (QED) is 0.516. The summed E-state index contributed by atoms with van der Waals surface area (Å²) >= 11 is 0. The normalized spacial score (nSPS) is 12.3. The predicted molar refractivity (Wildman–Crippen MR) is 62.9 cm³/mol. The van der Waals surface area contributed by atoms with Gasteiger partial charge in [0.1, 0.15) is 11.8 Å². The standard InChI is InChI=1S/C12H17NO4/c14-7-1-6-13-11(12(16)17)8-9-2-4-10(15)5-3-9/h2-5,11,13-15H,1,6-8H2,(H,16,17). The molecule has 1 atom stereocenters. The van der Waals surface area contributed by atoms with Crippen LogP contribution in [0.5, 0.6) is 5.75 Å². The van der Waals surface area contributed by atoms with Crippen molar-refractivity contribution in [1.29, 1.82) is 0 Å². The number of phenols is 1. The largest absolute Gasteiger partial charge is 0.508 e. The van der Waals surface area contributed by atoms with Gasteiger partial charge in [-0.3, -0.25) is 4.79 Å². The summed E-state index contributed by atoms with van der Waals surface area (Å²) in [4.78, 5) is 11.0. The number of benzene rings is 1. The van der Waals surface area contributed by atoms with Crippen LogP contribution >= 0.6 is 0 Å². The monoisotopic (exact) mass is 239 g/mol. The number of aromatic hydroxyl groups is 1. The van der Waals surface area contributed by atoms with E-state index in [1.807, 2.05) is 0 Å². The van der Waals surface area contributed by atoms with Gasteiger partial charge in [-0.05, 0) is 37.1 Å². The minimum Gasteiger partial charge on any atom is -0.508 e. The molecule has 1 aromatic carbocycles. The lowest BCUT2D eigenvalue weighted by atomic mass is 10.1. The molecule has 0 amide bonds. The van der Waals surface area contributed by atoms with Gasteiger partial charge in [-0.25, -0.2) is 0 Å². The van der Waals surface area contributed by atoms with Crippen LogP contribution in [0.15, 0.2) is 24.3 Å². The Hall–Kier alpha value is -1.59. The molecule has 0 aromatic heterocycles. The minimum atomic E-state index is -0.920. The van der Waals surface area contributed by atoms with Gasteiger partial charge in [-0.2, -0.15) is 0 Å². The molecule has 0 fully saturated rings. The van der Waals surface area contributed by atoms with E-state index in [0.717, 1.165) is 5.56 Å². The van der Waals surface area contributed by atoms with Crippen LogP contribution < -0.4 is 5.32 Å². The maximum absolute atomic E-state index is 11.0. The van der Waals surface area contributed by atoms with Crippen LogP contribution in [0.2, 0.25) is 0 Å². The number of carbonyl (C=O) groups is 1. The first kappa shape index (κ1) is 13.5. The Morgan fingerprint density at radius 2 is 1.94 bits per heavy atom. The molecule has 0 spiro atoms. The summed E-state index contributed by atoms with van der Waals surface area (Å²) in [5, 5.41) is 29.6. The van der Waals surface area contributed by atoms with E-state index in [0.29, 0.717) is 19.4 Å². The second-order valence-electron chi connectivity index (χ2n) is 3.79. The van der Waals surface area contributed by atoms with Crippen molar-refractivity contribution in [2.75, 3.05) is 13.2 Å². The molecule has 0 aliphatic heterocycles. The molecule has 17 heavy (non-hydrogen) atoms. The third kappa shape index (κ3) is 4.84. The molecule has 1 rings (SSSR count). The summed E-state index contributed by atoms with van der Waals surface area (Å²) in [6.07, 6.45) is 0.875. The smallest absolute Gasteiger partial charge is 0.321 e. The number of carboxylic acids is 1. The van der Waals surface area contributed by atoms with Crippen LogP contribution in [0.1, 0.15) is 12.0 Å². The van der Waals surface area contributed by atoms with Crippen LogP contribution in [0, 0.1) is 0 Å². The van der Waals surface area contributed by atoms with Crippen LogP contribution in [0.25, 0.3) is 0 Å². The summed E-state index contributed by atoms with van der Waals surface area (Å²) < 4.78 is 0. The van der Waals surface area contributed by atoms with E-state index in [1.165, 1.54) is 12.1 Å². The van der Waals surface area contributed by atoms with E-state index in [1.54, 1.807) is 12.1 Å². The Labute approximate surface area is 99.7 Å². The van der Waals surface area contributed by atoms with Crippen molar-refractivity contribution in [3.8, 4) is 5.75 Å². The Balaban J connectivity index is 2.54. The molecule has 1 aromatic rings. The average Bonchev–Trinajstić information content (AvgIpc) is 2.30. The number of phenolic OH excluding ortho intramolecular Hbond substituents is 1. The molecule has 1 unspecified atom stereocenters. The SMILES string of the molecule is O=C(O)C(Cc1ccc(O)cc1)NCCCO. The molecule has 0 radical (unpaired) electrons. The van der Waals surface area contributed by atoms with E-state index >= 15 is 0 Å². The van der Waals surface area contributed by atoms with E-state index < -0.39 is 12.0 Å². The van der Waals surface area contributed by atoms with Gasteiger partial charge in [0.15, 0.2) is 0 Å². The maximum Gasteiger partial charge on any atom is 0.321 e. The lowest BCUT2D eigenvalue weighted by Crippen LogP contribution is -2.39. The second-order valence-corrected chi connectivity index (χ2v) is 3.79. The molecule has 0 heterocycles. The van der Waals surface area contributed by atoms with Crippen LogP contribution in [0.3, 0.4) is 0 Å². The topological polar surface area (TPSA) is 89.8 Å². The molecule has 94 valence electrons. The highest BCUT2D eigenvalue weighted by molar-refractivity contribution is 5.73. The zero-order valence-corrected chi connectivity index (χ0v) is 9.47. The number of aliphatic hydroxyl groups excluding tert-OH is 1.